The molecule has 0 spiro atoms. The van der Waals surface area contributed by atoms with E-state index in [1.54, 1.807) is 31.9 Å². The van der Waals surface area contributed by atoms with Crippen molar-refractivity contribution in [1.82, 2.24) is 10.1 Å². The summed E-state index contributed by atoms with van der Waals surface area (Å²) in [4.78, 5) is 27.5. The largest absolute Gasteiger partial charge is 0.497 e. The van der Waals surface area contributed by atoms with E-state index in [9.17, 15) is 9.59 Å². The summed E-state index contributed by atoms with van der Waals surface area (Å²) in [6.07, 6.45) is 1.85. The summed E-state index contributed by atoms with van der Waals surface area (Å²) in [6.45, 7) is 4.69. The molecule has 1 aliphatic rings. The predicted octanol–water partition coefficient (Wildman–Crippen LogP) is 3.02. The smallest absolute Gasteiger partial charge is 0.314 e. The summed E-state index contributed by atoms with van der Waals surface area (Å²) in [5.74, 6) is 0.814. The Kier molecular flexibility index (Phi) is 6.02. The van der Waals surface area contributed by atoms with Crippen LogP contribution >= 0.6 is 0 Å². The van der Waals surface area contributed by atoms with Gasteiger partial charge in [0.2, 0.25) is 0 Å². The maximum atomic E-state index is 13.0. The number of nitrogens with zero attached hydrogens (tertiary/aromatic N) is 2. The Morgan fingerprint density at radius 2 is 2.14 bits per heavy atom. The highest BCUT2D eigenvalue weighted by Gasteiger charge is 2.45. The van der Waals surface area contributed by atoms with E-state index >= 15 is 0 Å². The third-order valence-corrected chi connectivity index (χ3v) is 5.10. The summed E-state index contributed by atoms with van der Waals surface area (Å²) >= 11 is 0. The molecule has 1 saturated heterocycles. The number of aromatic nitrogens is 1. The molecule has 0 N–H and O–H groups in total. The number of ether oxygens (including phenoxy) is 2. The Morgan fingerprint density at radius 3 is 2.82 bits per heavy atom. The highest BCUT2D eigenvalue weighted by molar-refractivity contribution is 5.93. The van der Waals surface area contributed by atoms with Crippen LogP contribution in [0, 0.1) is 12.3 Å². The van der Waals surface area contributed by atoms with Gasteiger partial charge in [-0.25, -0.2) is 0 Å². The van der Waals surface area contributed by atoms with E-state index in [0.29, 0.717) is 38.2 Å². The van der Waals surface area contributed by atoms with Gasteiger partial charge in [-0.15, -0.1) is 0 Å². The molecule has 7 heteroatoms. The molecule has 1 aromatic heterocycles. The van der Waals surface area contributed by atoms with Gasteiger partial charge in [-0.1, -0.05) is 17.3 Å². The van der Waals surface area contributed by atoms with Crippen molar-refractivity contribution in [1.29, 1.82) is 0 Å². The van der Waals surface area contributed by atoms with Crippen LogP contribution in [0.5, 0.6) is 5.75 Å². The van der Waals surface area contributed by atoms with Gasteiger partial charge in [-0.05, 0) is 50.8 Å². The summed E-state index contributed by atoms with van der Waals surface area (Å²) in [5.41, 5.74) is 0.437. The number of hydrogen-bond donors (Lipinski definition) is 0. The van der Waals surface area contributed by atoms with Gasteiger partial charge in [-0.2, -0.15) is 0 Å². The average Bonchev–Trinajstić information content (AvgIpc) is 3.14. The van der Waals surface area contributed by atoms with Gasteiger partial charge < -0.3 is 18.9 Å². The second-order valence-electron chi connectivity index (χ2n) is 7.18. The lowest BCUT2D eigenvalue weighted by molar-refractivity contribution is -0.158. The first kappa shape index (κ1) is 19.9. The van der Waals surface area contributed by atoms with Gasteiger partial charge in [0.25, 0.3) is 5.91 Å². The summed E-state index contributed by atoms with van der Waals surface area (Å²) in [6, 6.07) is 9.26. The zero-order valence-electron chi connectivity index (χ0n) is 16.6. The fourth-order valence-corrected chi connectivity index (χ4v) is 3.77. The fourth-order valence-electron chi connectivity index (χ4n) is 3.77. The zero-order valence-corrected chi connectivity index (χ0v) is 16.6. The molecular weight excluding hydrogens is 360 g/mol. The molecule has 1 aromatic carbocycles. The Morgan fingerprint density at radius 1 is 1.32 bits per heavy atom. The number of likely N-dealkylation sites (tertiary alicyclic amines) is 1. The molecule has 1 fully saturated rings. The lowest BCUT2D eigenvalue weighted by Crippen LogP contribution is -2.51. The number of hydrogen-bond acceptors (Lipinski definition) is 6. The first-order valence-corrected chi connectivity index (χ1v) is 9.50. The van der Waals surface area contributed by atoms with Crippen molar-refractivity contribution in [2.75, 3.05) is 26.8 Å². The monoisotopic (exact) mass is 386 g/mol. The molecule has 0 radical (unpaired) electrons. The van der Waals surface area contributed by atoms with E-state index in [2.05, 4.69) is 5.16 Å². The van der Waals surface area contributed by atoms with Crippen LogP contribution in [0.4, 0.5) is 0 Å². The third-order valence-electron chi connectivity index (χ3n) is 5.10. The molecule has 7 nitrogen and oxygen atoms in total. The minimum atomic E-state index is -0.797. The highest BCUT2D eigenvalue weighted by atomic mass is 16.5. The molecule has 2 heterocycles. The van der Waals surface area contributed by atoms with Gasteiger partial charge in [0.15, 0.2) is 5.69 Å². The van der Waals surface area contributed by atoms with Crippen LogP contribution in [0.3, 0.4) is 0 Å². The maximum absolute atomic E-state index is 13.0. The van der Waals surface area contributed by atoms with E-state index in [1.807, 2.05) is 24.3 Å². The van der Waals surface area contributed by atoms with Crippen molar-refractivity contribution >= 4 is 11.9 Å². The van der Waals surface area contributed by atoms with Gasteiger partial charge in [0, 0.05) is 19.2 Å². The minimum absolute atomic E-state index is 0.226. The molecule has 1 atom stereocenters. The summed E-state index contributed by atoms with van der Waals surface area (Å²) in [5, 5.41) is 3.83. The molecule has 150 valence electrons. The van der Waals surface area contributed by atoms with Gasteiger partial charge in [0.1, 0.15) is 11.5 Å². The Balaban J connectivity index is 1.87. The first-order chi connectivity index (χ1) is 13.5. The molecule has 0 saturated carbocycles. The topological polar surface area (TPSA) is 81.9 Å². The molecule has 3 rings (SSSR count). The molecular formula is C21H26N2O5. The quantitative estimate of drug-likeness (QED) is 0.710. The molecule has 0 bridgehead atoms. The second-order valence-corrected chi connectivity index (χ2v) is 7.18. The molecule has 28 heavy (non-hydrogen) atoms. The number of aryl methyl sites for hydroxylation is 1. The maximum Gasteiger partial charge on any atom is 0.314 e. The second kappa shape index (κ2) is 8.46. The van der Waals surface area contributed by atoms with Crippen molar-refractivity contribution in [3.05, 3.63) is 47.3 Å². The molecule has 1 aliphatic heterocycles. The number of carbonyl (C=O) groups excluding carboxylic acids is 2. The number of esters is 1. The van der Waals surface area contributed by atoms with Crippen molar-refractivity contribution < 1.29 is 23.6 Å². The minimum Gasteiger partial charge on any atom is -0.497 e. The van der Waals surface area contributed by atoms with Gasteiger partial charge in [-0.3, -0.25) is 9.59 Å². The van der Waals surface area contributed by atoms with E-state index in [4.69, 9.17) is 14.0 Å². The van der Waals surface area contributed by atoms with Crippen molar-refractivity contribution in [2.45, 2.75) is 33.1 Å². The van der Waals surface area contributed by atoms with Crippen molar-refractivity contribution in [3.8, 4) is 5.75 Å². The number of carbonyl (C=O) groups is 2. The normalized spacial score (nSPS) is 19.3. The van der Waals surface area contributed by atoms with Crippen LogP contribution in [0.15, 0.2) is 34.9 Å². The number of methoxy groups -OCH3 is 1. The van der Waals surface area contributed by atoms with Crippen molar-refractivity contribution in [2.24, 2.45) is 5.41 Å². The number of benzene rings is 1. The Hall–Kier alpha value is -2.83. The zero-order chi connectivity index (χ0) is 20.1. The van der Waals surface area contributed by atoms with E-state index in [1.165, 1.54) is 0 Å². The average molecular weight is 386 g/mol. The summed E-state index contributed by atoms with van der Waals surface area (Å²) < 4.78 is 15.7. The SMILES string of the molecule is CCOC(=O)[C@@]1(Cc2cccc(OC)c2)CCCN(C(=O)c2cc(C)on2)C1. The molecule has 0 aliphatic carbocycles. The number of amides is 1. The fraction of sp³-hybridized carbons (Fsp3) is 0.476. The lowest BCUT2D eigenvalue weighted by Gasteiger charge is -2.40. The predicted molar refractivity (Wildman–Crippen MR) is 102 cm³/mol. The van der Waals surface area contributed by atoms with Crippen LogP contribution < -0.4 is 4.74 Å². The van der Waals surface area contributed by atoms with Crippen LogP contribution in [0.1, 0.15) is 41.6 Å². The number of piperidine rings is 1. The van der Waals surface area contributed by atoms with Crippen LogP contribution in [-0.2, 0) is 16.0 Å². The van der Waals surface area contributed by atoms with Gasteiger partial charge >= 0.3 is 5.97 Å². The first-order valence-electron chi connectivity index (χ1n) is 9.50. The Bertz CT molecular complexity index is 847. The number of rotatable bonds is 6. The molecule has 2 aromatic rings. The van der Waals surface area contributed by atoms with Crippen molar-refractivity contribution in [3.63, 3.8) is 0 Å². The molecule has 0 unspecified atom stereocenters. The van der Waals surface area contributed by atoms with E-state index in [0.717, 1.165) is 11.3 Å². The van der Waals surface area contributed by atoms with Gasteiger partial charge in [0.05, 0.1) is 19.1 Å². The van der Waals surface area contributed by atoms with Crippen LogP contribution in [0.25, 0.3) is 0 Å². The van der Waals surface area contributed by atoms with Crippen LogP contribution in [0.2, 0.25) is 0 Å². The standard InChI is InChI=1S/C21H26N2O5/c1-4-27-20(25)21(13-16-7-5-8-17(12-16)26-3)9-6-10-23(14-21)19(24)18-11-15(2)28-22-18/h5,7-8,11-12H,4,6,9-10,13-14H2,1-3H3/t21-/m1/s1. The summed E-state index contributed by atoms with van der Waals surface area (Å²) in [7, 11) is 1.61. The molecule has 1 amide bonds. The van der Waals surface area contributed by atoms with Crippen LogP contribution in [-0.4, -0.2) is 48.7 Å². The highest BCUT2D eigenvalue weighted by Crippen LogP contribution is 2.36. The third kappa shape index (κ3) is 4.18. The van der Waals surface area contributed by atoms with E-state index < -0.39 is 5.41 Å². The lowest BCUT2D eigenvalue weighted by atomic mass is 9.75. The van der Waals surface area contributed by atoms with E-state index in [-0.39, 0.29) is 24.1 Å². The Labute approximate surface area is 164 Å².